The molecule has 10 aromatic rings. The van der Waals surface area contributed by atoms with Gasteiger partial charge in [0.1, 0.15) is 0 Å². The fourth-order valence-electron chi connectivity index (χ4n) is 8.06. The van der Waals surface area contributed by atoms with Gasteiger partial charge in [0.05, 0.1) is 0 Å². The van der Waals surface area contributed by atoms with E-state index in [9.17, 15) is 0 Å². The molecule has 0 spiro atoms. The van der Waals surface area contributed by atoms with Crippen molar-refractivity contribution >= 4 is 60.2 Å². The summed E-state index contributed by atoms with van der Waals surface area (Å²) in [5.41, 5.74) is 10.6. The first-order chi connectivity index (χ1) is 26.3. The van der Waals surface area contributed by atoms with Crippen molar-refractivity contribution in [3.05, 3.63) is 212 Å². The van der Waals surface area contributed by atoms with Gasteiger partial charge < -0.3 is 4.90 Å². The number of hydrogen-bond donors (Lipinski definition) is 0. The first-order valence-corrected chi connectivity index (χ1v) is 18.3. The van der Waals surface area contributed by atoms with Crippen LogP contribution >= 0.6 is 0 Å². The summed E-state index contributed by atoms with van der Waals surface area (Å²) in [5, 5.41) is 10.1. The molecule has 0 aliphatic carbocycles. The zero-order valence-electron chi connectivity index (χ0n) is 29.2. The second-order valence-corrected chi connectivity index (χ2v) is 13.7. The van der Waals surface area contributed by atoms with Crippen LogP contribution in [0.25, 0.3) is 76.5 Å². The SMILES string of the molecule is c1ccc(-c2ccc(N(c3cccc(-c4ccccc4-c4ccccc4)c3)c3ccc4ccc5ccc6ccc7ccccc7c6c5c4c3)cc2)cc1. The molecule has 248 valence electrons. The van der Waals surface area contributed by atoms with Crippen LogP contribution in [0.4, 0.5) is 17.1 Å². The lowest BCUT2D eigenvalue weighted by molar-refractivity contribution is 1.29. The smallest absolute Gasteiger partial charge is 0.0468 e. The molecule has 1 heteroatoms. The summed E-state index contributed by atoms with van der Waals surface area (Å²) < 4.78 is 0. The third-order valence-corrected chi connectivity index (χ3v) is 10.6. The highest BCUT2D eigenvalue weighted by Gasteiger charge is 2.17. The Kier molecular flexibility index (Phi) is 7.55. The molecule has 0 N–H and O–H groups in total. The predicted octanol–water partition coefficient (Wildman–Crippen LogP) is 14.8. The molecule has 0 radical (unpaired) electrons. The van der Waals surface area contributed by atoms with Gasteiger partial charge in [0.2, 0.25) is 0 Å². The van der Waals surface area contributed by atoms with E-state index in [1.54, 1.807) is 0 Å². The van der Waals surface area contributed by atoms with Gasteiger partial charge in [0.25, 0.3) is 0 Å². The summed E-state index contributed by atoms with van der Waals surface area (Å²) in [4.78, 5) is 2.41. The highest BCUT2D eigenvalue weighted by atomic mass is 15.1. The molecule has 0 bridgehead atoms. The van der Waals surface area contributed by atoms with Crippen LogP contribution in [-0.2, 0) is 0 Å². The lowest BCUT2D eigenvalue weighted by atomic mass is 9.92. The second-order valence-electron chi connectivity index (χ2n) is 13.7. The number of anilines is 3. The third-order valence-electron chi connectivity index (χ3n) is 10.6. The van der Waals surface area contributed by atoms with Gasteiger partial charge in [-0.1, -0.05) is 176 Å². The topological polar surface area (TPSA) is 3.24 Å². The molecule has 53 heavy (non-hydrogen) atoms. The Morgan fingerprint density at radius 1 is 0.245 bits per heavy atom. The van der Waals surface area contributed by atoms with Crippen LogP contribution in [0.15, 0.2) is 212 Å². The van der Waals surface area contributed by atoms with Crippen LogP contribution in [-0.4, -0.2) is 0 Å². The Balaban J connectivity index is 1.20. The summed E-state index contributed by atoms with van der Waals surface area (Å²) in [5.74, 6) is 0. The fourth-order valence-corrected chi connectivity index (χ4v) is 8.06. The quantitative estimate of drug-likeness (QED) is 0.159. The summed E-state index contributed by atoms with van der Waals surface area (Å²) in [6.45, 7) is 0. The Bertz CT molecular complexity index is 2920. The monoisotopic (exact) mass is 673 g/mol. The van der Waals surface area contributed by atoms with E-state index >= 15 is 0 Å². The van der Waals surface area contributed by atoms with E-state index in [0.29, 0.717) is 0 Å². The molecule has 10 rings (SSSR count). The molecule has 10 aromatic carbocycles. The molecule has 0 heterocycles. The molecule has 0 atom stereocenters. The molecule has 0 aliphatic rings. The van der Waals surface area contributed by atoms with Crippen molar-refractivity contribution in [2.24, 2.45) is 0 Å². The van der Waals surface area contributed by atoms with Gasteiger partial charge in [-0.25, -0.2) is 0 Å². The van der Waals surface area contributed by atoms with Crippen LogP contribution < -0.4 is 4.90 Å². The fraction of sp³-hybridized carbons (Fsp3) is 0. The minimum Gasteiger partial charge on any atom is -0.310 e. The maximum atomic E-state index is 2.41. The van der Waals surface area contributed by atoms with Gasteiger partial charge in [0, 0.05) is 17.1 Å². The molecule has 0 saturated carbocycles. The molecule has 0 fully saturated rings. The summed E-state index contributed by atoms with van der Waals surface area (Å²) in [6, 6.07) is 77.2. The number of hydrogen-bond acceptors (Lipinski definition) is 1. The molecule has 0 aliphatic heterocycles. The molecule has 0 unspecified atom stereocenters. The highest BCUT2D eigenvalue weighted by molar-refractivity contribution is 6.27. The van der Waals surface area contributed by atoms with Crippen molar-refractivity contribution in [2.75, 3.05) is 4.90 Å². The molecule has 0 amide bonds. The number of benzene rings is 10. The maximum Gasteiger partial charge on any atom is 0.0468 e. The van der Waals surface area contributed by atoms with Crippen molar-refractivity contribution in [1.82, 2.24) is 0 Å². The van der Waals surface area contributed by atoms with E-state index < -0.39 is 0 Å². The maximum absolute atomic E-state index is 2.41. The average Bonchev–Trinajstić information content (AvgIpc) is 3.24. The highest BCUT2D eigenvalue weighted by Crippen LogP contribution is 2.43. The predicted molar refractivity (Wildman–Crippen MR) is 227 cm³/mol. The van der Waals surface area contributed by atoms with E-state index in [2.05, 4.69) is 217 Å². The summed E-state index contributed by atoms with van der Waals surface area (Å²) >= 11 is 0. The van der Waals surface area contributed by atoms with Crippen LogP contribution in [0.3, 0.4) is 0 Å². The van der Waals surface area contributed by atoms with E-state index in [-0.39, 0.29) is 0 Å². The minimum atomic E-state index is 1.10. The minimum absolute atomic E-state index is 1.10. The van der Waals surface area contributed by atoms with Gasteiger partial charge in [-0.2, -0.15) is 0 Å². The Morgan fingerprint density at radius 3 is 1.43 bits per heavy atom. The first-order valence-electron chi connectivity index (χ1n) is 18.3. The van der Waals surface area contributed by atoms with E-state index in [1.807, 2.05) is 0 Å². The van der Waals surface area contributed by atoms with Crippen molar-refractivity contribution in [1.29, 1.82) is 0 Å². The van der Waals surface area contributed by atoms with Crippen molar-refractivity contribution in [2.45, 2.75) is 0 Å². The molecule has 0 aromatic heterocycles. The van der Waals surface area contributed by atoms with Crippen LogP contribution in [0.5, 0.6) is 0 Å². The van der Waals surface area contributed by atoms with Crippen molar-refractivity contribution in [3.63, 3.8) is 0 Å². The Morgan fingerprint density at radius 2 is 0.717 bits per heavy atom. The zero-order chi connectivity index (χ0) is 35.1. The largest absolute Gasteiger partial charge is 0.310 e. The number of rotatable bonds is 6. The molecular formula is C52H35N. The van der Waals surface area contributed by atoms with Gasteiger partial charge >= 0.3 is 0 Å². The molecule has 0 saturated heterocycles. The normalized spacial score (nSPS) is 11.4. The lowest BCUT2D eigenvalue weighted by Crippen LogP contribution is -2.10. The first kappa shape index (κ1) is 30.8. The average molecular weight is 674 g/mol. The standard InChI is InChI=1S/C52H35N/c1-3-12-36(13-4-1)37-28-31-44(32-29-37)53(45-18-11-17-43(34-45)48-20-10-9-19-47(48)38-14-5-2-6-15-38)46-33-30-40-23-25-42-27-26-41-24-22-39-16-7-8-21-49(39)51(41)52(42)50(40)35-46/h1-35H. The van der Waals surface area contributed by atoms with Crippen LogP contribution in [0, 0.1) is 0 Å². The van der Waals surface area contributed by atoms with E-state index in [1.165, 1.54) is 76.5 Å². The number of nitrogens with zero attached hydrogens (tertiary/aromatic N) is 1. The van der Waals surface area contributed by atoms with E-state index in [4.69, 9.17) is 0 Å². The number of fused-ring (bicyclic) bond motifs is 7. The van der Waals surface area contributed by atoms with Crippen molar-refractivity contribution in [3.8, 4) is 33.4 Å². The van der Waals surface area contributed by atoms with Gasteiger partial charge in [-0.3, -0.25) is 0 Å². The molecule has 1 nitrogen and oxygen atoms in total. The third kappa shape index (κ3) is 5.51. The Labute approximate surface area is 309 Å². The van der Waals surface area contributed by atoms with E-state index in [0.717, 1.165) is 17.1 Å². The van der Waals surface area contributed by atoms with Crippen molar-refractivity contribution < 1.29 is 0 Å². The van der Waals surface area contributed by atoms with Gasteiger partial charge in [0.15, 0.2) is 0 Å². The van der Waals surface area contributed by atoms with Gasteiger partial charge in [-0.15, -0.1) is 0 Å². The summed E-state index contributed by atoms with van der Waals surface area (Å²) in [7, 11) is 0. The van der Waals surface area contributed by atoms with Crippen LogP contribution in [0.2, 0.25) is 0 Å². The van der Waals surface area contributed by atoms with Crippen LogP contribution in [0.1, 0.15) is 0 Å². The second kappa shape index (κ2) is 13.0. The van der Waals surface area contributed by atoms with Gasteiger partial charge in [-0.05, 0) is 113 Å². The molecular weight excluding hydrogens is 639 g/mol. The summed E-state index contributed by atoms with van der Waals surface area (Å²) in [6.07, 6.45) is 0. The Hall–Kier alpha value is -6.96. The lowest BCUT2D eigenvalue weighted by Gasteiger charge is -2.27. The zero-order valence-corrected chi connectivity index (χ0v) is 29.2.